The molecule has 1 unspecified atom stereocenters. The van der Waals surface area contributed by atoms with Crippen LogP contribution in [-0.2, 0) is 14.3 Å². The monoisotopic (exact) mass is 408 g/mol. The van der Waals surface area contributed by atoms with E-state index in [-0.39, 0.29) is 13.0 Å². The summed E-state index contributed by atoms with van der Waals surface area (Å²) in [6.45, 7) is 5.85. The van der Waals surface area contributed by atoms with Crippen molar-refractivity contribution < 1.29 is 19.4 Å². The standard InChI is InChI=1S/C25H44O4/c1-3-5-6-7-8-9-10-11-12-13-14-15-16-17-18-19-20-23(25(27)28)22-24(26)29-21-4-2/h4,19-20,23H,2-3,5-18,21-22H2,1H3,(H,27,28)/b20-19+. The van der Waals surface area contributed by atoms with Crippen LogP contribution in [0.3, 0.4) is 0 Å². The number of unbranched alkanes of at least 4 members (excludes halogenated alkanes) is 14. The lowest BCUT2D eigenvalue weighted by Gasteiger charge is -2.07. The summed E-state index contributed by atoms with van der Waals surface area (Å²) in [6.07, 6.45) is 24.3. The number of ether oxygens (including phenoxy) is 1. The Morgan fingerprint density at radius 3 is 1.79 bits per heavy atom. The third-order valence-electron chi connectivity index (χ3n) is 5.16. The van der Waals surface area contributed by atoms with Crippen molar-refractivity contribution in [1.82, 2.24) is 0 Å². The van der Waals surface area contributed by atoms with Crippen molar-refractivity contribution in [2.75, 3.05) is 6.61 Å². The predicted octanol–water partition coefficient (Wildman–Crippen LogP) is 7.23. The van der Waals surface area contributed by atoms with Crippen molar-refractivity contribution >= 4 is 11.9 Å². The number of rotatable bonds is 21. The van der Waals surface area contributed by atoms with E-state index in [0.29, 0.717) is 0 Å². The van der Waals surface area contributed by atoms with Gasteiger partial charge in [-0.1, -0.05) is 115 Å². The molecule has 0 amide bonds. The topological polar surface area (TPSA) is 63.6 Å². The molecule has 0 fully saturated rings. The first-order chi connectivity index (χ1) is 14.1. The number of hydrogen-bond acceptors (Lipinski definition) is 3. The third-order valence-corrected chi connectivity index (χ3v) is 5.16. The van der Waals surface area contributed by atoms with Gasteiger partial charge < -0.3 is 9.84 Å². The van der Waals surface area contributed by atoms with Gasteiger partial charge in [0.05, 0.1) is 12.3 Å². The molecule has 0 saturated carbocycles. The van der Waals surface area contributed by atoms with Crippen molar-refractivity contribution in [3.63, 3.8) is 0 Å². The molecule has 0 aliphatic rings. The average molecular weight is 409 g/mol. The van der Waals surface area contributed by atoms with Crippen LogP contribution in [0, 0.1) is 5.92 Å². The molecular weight excluding hydrogens is 364 g/mol. The molecule has 0 rings (SSSR count). The van der Waals surface area contributed by atoms with E-state index in [9.17, 15) is 14.7 Å². The Kier molecular flexibility index (Phi) is 20.0. The van der Waals surface area contributed by atoms with Crippen LogP contribution in [0.2, 0.25) is 0 Å². The van der Waals surface area contributed by atoms with Crippen LogP contribution in [0.1, 0.15) is 110 Å². The Morgan fingerprint density at radius 2 is 1.34 bits per heavy atom. The maximum absolute atomic E-state index is 11.5. The Morgan fingerprint density at radius 1 is 0.862 bits per heavy atom. The fourth-order valence-corrected chi connectivity index (χ4v) is 3.35. The number of aliphatic carboxylic acids is 1. The van der Waals surface area contributed by atoms with E-state index in [1.165, 1.54) is 89.5 Å². The molecule has 0 spiro atoms. The van der Waals surface area contributed by atoms with Crippen LogP contribution in [0.5, 0.6) is 0 Å². The number of carbonyl (C=O) groups is 2. The van der Waals surface area contributed by atoms with E-state index in [1.807, 2.05) is 6.08 Å². The van der Waals surface area contributed by atoms with Crippen LogP contribution in [0.15, 0.2) is 24.8 Å². The van der Waals surface area contributed by atoms with E-state index >= 15 is 0 Å². The minimum atomic E-state index is -0.988. The largest absolute Gasteiger partial charge is 0.481 e. The Balaban J connectivity index is 3.54. The Hall–Kier alpha value is -1.58. The summed E-state index contributed by atoms with van der Waals surface area (Å²) >= 11 is 0. The van der Waals surface area contributed by atoms with Gasteiger partial charge in [-0.3, -0.25) is 9.59 Å². The fraction of sp³-hybridized carbons (Fsp3) is 0.760. The molecule has 0 aromatic heterocycles. The molecule has 0 heterocycles. The van der Waals surface area contributed by atoms with Gasteiger partial charge in [-0.25, -0.2) is 0 Å². The number of allylic oxidation sites excluding steroid dienone is 1. The number of carboxylic acids is 1. The zero-order valence-corrected chi connectivity index (χ0v) is 18.7. The number of esters is 1. The molecule has 1 atom stereocenters. The number of hydrogen-bond donors (Lipinski definition) is 1. The molecule has 168 valence electrons. The zero-order chi connectivity index (χ0) is 21.6. The van der Waals surface area contributed by atoms with E-state index in [2.05, 4.69) is 13.5 Å². The molecule has 0 aromatic rings. The second kappa shape index (κ2) is 21.1. The van der Waals surface area contributed by atoms with Crippen molar-refractivity contribution in [2.45, 2.75) is 110 Å². The second-order valence-electron chi connectivity index (χ2n) is 7.93. The van der Waals surface area contributed by atoms with Gasteiger partial charge in [-0.05, 0) is 12.8 Å². The third kappa shape index (κ3) is 19.5. The molecule has 29 heavy (non-hydrogen) atoms. The molecule has 0 aromatic carbocycles. The first-order valence-corrected chi connectivity index (χ1v) is 11.8. The fourth-order valence-electron chi connectivity index (χ4n) is 3.35. The van der Waals surface area contributed by atoms with Gasteiger partial charge in [0.1, 0.15) is 6.61 Å². The highest BCUT2D eigenvalue weighted by molar-refractivity contribution is 5.80. The van der Waals surface area contributed by atoms with E-state index in [0.717, 1.165) is 12.8 Å². The first-order valence-electron chi connectivity index (χ1n) is 11.8. The van der Waals surface area contributed by atoms with E-state index in [4.69, 9.17) is 4.74 Å². The average Bonchev–Trinajstić information content (AvgIpc) is 2.70. The highest BCUT2D eigenvalue weighted by Gasteiger charge is 2.18. The molecule has 0 aliphatic carbocycles. The second-order valence-corrected chi connectivity index (χ2v) is 7.93. The SMILES string of the molecule is C=CCOC(=O)CC(/C=C/CCCCCCCCCCCCCCCC)C(=O)O. The summed E-state index contributed by atoms with van der Waals surface area (Å²) in [5.74, 6) is -2.30. The summed E-state index contributed by atoms with van der Waals surface area (Å²) in [7, 11) is 0. The quantitative estimate of drug-likeness (QED) is 0.124. The minimum absolute atomic E-state index is 0.119. The minimum Gasteiger partial charge on any atom is -0.481 e. The lowest BCUT2D eigenvalue weighted by molar-refractivity contribution is -0.149. The van der Waals surface area contributed by atoms with Crippen LogP contribution in [0.25, 0.3) is 0 Å². The van der Waals surface area contributed by atoms with Gasteiger partial charge in [0.25, 0.3) is 0 Å². The van der Waals surface area contributed by atoms with Crippen molar-refractivity contribution in [3.05, 3.63) is 24.8 Å². The summed E-state index contributed by atoms with van der Waals surface area (Å²) in [6, 6.07) is 0. The molecular formula is C25H44O4. The van der Waals surface area contributed by atoms with E-state index < -0.39 is 17.9 Å². The van der Waals surface area contributed by atoms with Gasteiger partial charge in [-0.15, -0.1) is 0 Å². The van der Waals surface area contributed by atoms with Crippen molar-refractivity contribution in [3.8, 4) is 0 Å². The van der Waals surface area contributed by atoms with Crippen LogP contribution in [-0.4, -0.2) is 23.7 Å². The summed E-state index contributed by atoms with van der Waals surface area (Å²) in [5.41, 5.74) is 0. The maximum atomic E-state index is 11.5. The first kappa shape index (κ1) is 27.4. The number of carbonyl (C=O) groups excluding carboxylic acids is 1. The Labute approximate surface area is 178 Å². The zero-order valence-electron chi connectivity index (χ0n) is 18.7. The molecule has 1 N–H and O–H groups in total. The summed E-state index contributed by atoms with van der Waals surface area (Å²) in [4.78, 5) is 22.7. The van der Waals surface area contributed by atoms with Crippen molar-refractivity contribution in [1.29, 1.82) is 0 Å². The molecule has 4 heteroatoms. The van der Waals surface area contributed by atoms with Gasteiger partial charge in [0, 0.05) is 0 Å². The molecule has 0 radical (unpaired) electrons. The summed E-state index contributed by atoms with van der Waals surface area (Å²) < 4.78 is 4.85. The molecule has 0 aliphatic heterocycles. The van der Waals surface area contributed by atoms with Gasteiger partial charge in [-0.2, -0.15) is 0 Å². The molecule has 0 saturated heterocycles. The van der Waals surface area contributed by atoms with Gasteiger partial charge in [0.15, 0.2) is 0 Å². The lowest BCUT2D eigenvalue weighted by atomic mass is 10.0. The van der Waals surface area contributed by atoms with Crippen LogP contribution >= 0.6 is 0 Å². The summed E-state index contributed by atoms with van der Waals surface area (Å²) in [5, 5.41) is 9.19. The normalized spacial score (nSPS) is 12.2. The lowest BCUT2D eigenvalue weighted by Crippen LogP contribution is -2.17. The van der Waals surface area contributed by atoms with Gasteiger partial charge in [0.2, 0.25) is 0 Å². The Bertz CT molecular complexity index is 442. The smallest absolute Gasteiger partial charge is 0.310 e. The highest BCUT2D eigenvalue weighted by Crippen LogP contribution is 2.14. The van der Waals surface area contributed by atoms with Gasteiger partial charge >= 0.3 is 11.9 Å². The maximum Gasteiger partial charge on any atom is 0.310 e. The molecule has 0 bridgehead atoms. The molecule has 4 nitrogen and oxygen atoms in total. The predicted molar refractivity (Wildman–Crippen MR) is 121 cm³/mol. The van der Waals surface area contributed by atoms with E-state index in [1.54, 1.807) is 6.08 Å². The van der Waals surface area contributed by atoms with Crippen LogP contribution < -0.4 is 0 Å². The van der Waals surface area contributed by atoms with Crippen molar-refractivity contribution in [2.24, 2.45) is 5.92 Å². The number of carboxylic acid groups (broad SMARTS) is 1. The van der Waals surface area contributed by atoms with Crippen LogP contribution in [0.4, 0.5) is 0 Å². The highest BCUT2D eigenvalue weighted by atomic mass is 16.5.